The second kappa shape index (κ2) is 8.25. The van der Waals surface area contributed by atoms with E-state index in [0.717, 1.165) is 0 Å². The molecule has 0 atom stereocenters. The zero-order valence-corrected chi connectivity index (χ0v) is 15.5. The number of carbonyl (C=O) groups is 1. The van der Waals surface area contributed by atoms with Gasteiger partial charge in [-0.25, -0.2) is 4.98 Å². The lowest BCUT2D eigenvalue weighted by Crippen LogP contribution is -2.16. The van der Waals surface area contributed by atoms with Crippen molar-refractivity contribution in [1.29, 1.82) is 0 Å². The monoisotopic (exact) mass is 389 g/mol. The first-order valence-corrected chi connectivity index (χ1v) is 9.28. The Balaban J connectivity index is 1.57. The van der Waals surface area contributed by atoms with Gasteiger partial charge >= 0.3 is 0 Å². The summed E-state index contributed by atoms with van der Waals surface area (Å²) in [5, 5.41) is 3.20. The van der Waals surface area contributed by atoms with E-state index in [1.165, 1.54) is 29.3 Å². The van der Waals surface area contributed by atoms with Crippen LogP contribution in [0.25, 0.3) is 5.65 Å². The summed E-state index contributed by atoms with van der Waals surface area (Å²) in [4.78, 5) is 28.5. The number of carbonyl (C=O) groups excluding carboxylic acids is 1. The Hall–Kier alpha value is -2.51. The summed E-state index contributed by atoms with van der Waals surface area (Å²) < 4.78 is 6.56. The fourth-order valence-electron chi connectivity index (χ4n) is 2.37. The van der Waals surface area contributed by atoms with E-state index in [-0.39, 0.29) is 17.2 Å². The summed E-state index contributed by atoms with van der Waals surface area (Å²) in [6.45, 7) is 0. The SMILES string of the molecule is COc1ccc(NC(=O)CSCc2cc(=O)n3ccccc3n2)cc1Cl. The molecule has 3 aromatic rings. The van der Waals surface area contributed by atoms with Crippen LogP contribution in [0.2, 0.25) is 5.02 Å². The van der Waals surface area contributed by atoms with Crippen LogP contribution in [0.1, 0.15) is 5.69 Å². The van der Waals surface area contributed by atoms with Crippen molar-refractivity contribution in [2.24, 2.45) is 0 Å². The number of methoxy groups -OCH3 is 1. The molecule has 6 nitrogen and oxygen atoms in total. The molecule has 3 rings (SSSR count). The third-order valence-electron chi connectivity index (χ3n) is 3.54. The standard InChI is InChI=1S/C18H16ClN3O3S/c1-25-15-6-5-12(8-14(15)19)21-17(23)11-26-10-13-9-18(24)22-7-3-2-4-16(22)20-13/h2-9H,10-11H2,1H3,(H,21,23). The molecule has 0 saturated carbocycles. The minimum atomic E-state index is -0.159. The molecule has 1 N–H and O–H groups in total. The maximum absolute atomic E-state index is 12.1. The van der Waals surface area contributed by atoms with E-state index in [4.69, 9.17) is 16.3 Å². The van der Waals surface area contributed by atoms with Crippen molar-refractivity contribution < 1.29 is 9.53 Å². The minimum absolute atomic E-state index is 0.136. The van der Waals surface area contributed by atoms with E-state index in [2.05, 4.69) is 10.3 Å². The molecule has 8 heteroatoms. The highest BCUT2D eigenvalue weighted by atomic mass is 35.5. The summed E-state index contributed by atoms with van der Waals surface area (Å²) in [7, 11) is 1.53. The van der Waals surface area contributed by atoms with Crippen LogP contribution in [0, 0.1) is 0 Å². The number of pyridine rings is 1. The Bertz CT molecular complexity index is 1010. The Morgan fingerprint density at radius 1 is 1.31 bits per heavy atom. The van der Waals surface area contributed by atoms with Crippen molar-refractivity contribution in [3.05, 3.63) is 69.7 Å². The van der Waals surface area contributed by atoms with Crippen molar-refractivity contribution in [3.63, 3.8) is 0 Å². The van der Waals surface area contributed by atoms with Gasteiger partial charge in [-0.3, -0.25) is 14.0 Å². The number of ether oxygens (including phenoxy) is 1. The van der Waals surface area contributed by atoms with E-state index in [9.17, 15) is 9.59 Å². The summed E-state index contributed by atoms with van der Waals surface area (Å²) in [5.74, 6) is 1.10. The van der Waals surface area contributed by atoms with Gasteiger partial charge < -0.3 is 10.1 Å². The molecule has 0 spiro atoms. The van der Waals surface area contributed by atoms with Crippen LogP contribution < -0.4 is 15.6 Å². The predicted octanol–water partition coefficient (Wildman–Crippen LogP) is 3.23. The molecule has 0 aliphatic rings. The van der Waals surface area contributed by atoms with Crippen molar-refractivity contribution in [2.75, 3.05) is 18.2 Å². The molecule has 0 radical (unpaired) electrons. The molecule has 26 heavy (non-hydrogen) atoms. The Kier molecular flexibility index (Phi) is 5.80. The third-order valence-corrected chi connectivity index (χ3v) is 4.80. The highest BCUT2D eigenvalue weighted by Crippen LogP contribution is 2.27. The topological polar surface area (TPSA) is 72.7 Å². The number of nitrogens with zero attached hydrogens (tertiary/aromatic N) is 2. The molecule has 0 unspecified atom stereocenters. The normalized spacial score (nSPS) is 10.7. The number of halogens is 1. The summed E-state index contributed by atoms with van der Waals surface area (Å²) >= 11 is 7.42. The van der Waals surface area contributed by atoms with E-state index in [1.807, 2.05) is 6.07 Å². The summed E-state index contributed by atoms with van der Waals surface area (Å²) in [6.07, 6.45) is 1.68. The van der Waals surface area contributed by atoms with Crippen LogP contribution in [0.5, 0.6) is 5.75 Å². The number of aromatic nitrogens is 2. The molecular weight excluding hydrogens is 374 g/mol. The molecule has 2 heterocycles. The van der Waals surface area contributed by atoms with Gasteiger partial charge in [-0.05, 0) is 30.3 Å². The summed E-state index contributed by atoms with van der Waals surface area (Å²) in [5.41, 5.74) is 1.70. The Morgan fingerprint density at radius 2 is 2.15 bits per heavy atom. The number of anilines is 1. The number of fused-ring (bicyclic) bond motifs is 1. The van der Waals surface area contributed by atoms with Crippen LogP contribution >= 0.6 is 23.4 Å². The number of nitrogens with one attached hydrogen (secondary N) is 1. The Morgan fingerprint density at radius 3 is 2.92 bits per heavy atom. The first kappa shape index (κ1) is 18.3. The largest absolute Gasteiger partial charge is 0.495 e. The number of benzene rings is 1. The van der Waals surface area contributed by atoms with Crippen LogP contribution in [0.3, 0.4) is 0 Å². The van der Waals surface area contributed by atoms with Gasteiger partial charge in [0, 0.05) is 23.7 Å². The van der Waals surface area contributed by atoms with Gasteiger partial charge in [0.15, 0.2) is 0 Å². The van der Waals surface area contributed by atoms with Gasteiger partial charge in [0.05, 0.1) is 23.6 Å². The lowest BCUT2D eigenvalue weighted by atomic mass is 10.3. The highest BCUT2D eigenvalue weighted by molar-refractivity contribution is 7.99. The molecule has 0 bridgehead atoms. The molecule has 2 aromatic heterocycles. The Labute approximate surface area is 159 Å². The lowest BCUT2D eigenvalue weighted by molar-refractivity contribution is -0.113. The average molecular weight is 390 g/mol. The maximum Gasteiger partial charge on any atom is 0.258 e. The third kappa shape index (κ3) is 4.36. The maximum atomic E-state index is 12.1. The van der Waals surface area contributed by atoms with Crippen molar-refractivity contribution in [3.8, 4) is 5.75 Å². The predicted molar refractivity (Wildman–Crippen MR) is 104 cm³/mol. The van der Waals surface area contributed by atoms with Gasteiger partial charge in [-0.1, -0.05) is 17.7 Å². The van der Waals surface area contributed by atoms with Gasteiger partial charge in [0.1, 0.15) is 11.4 Å². The van der Waals surface area contributed by atoms with Gasteiger partial charge in [-0.2, -0.15) is 0 Å². The van der Waals surface area contributed by atoms with Crippen LogP contribution in [-0.4, -0.2) is 28.2 Å². The molecule has 1 amide bonds. The fraction of sp³-hybridized carbons (Fsp3) is 0.167. The van der Waals surface area contributed by atoms with Crippen molar-refractivity contribution in [2.45, 2.75) is 5.75 Å². The van der Waals surface area contributed by atoms with E-state index >= 15 is 0 Å². The molecule has 0 aliphatic heterocycles. The van der Waals surface area contributed by atoms with Gasteiger partial charge in [-0.15, -0.1) is 11.8 Å². The number of hydrogen-bond acceptors (Lipinski definition) is 5. The van der Waals surface area contributed by atoms with Crippen molar-refractivity contribution in [1.82, 2.24) is 9.38 Å². The lowest BCUT2D eigenvalue weighted by Gasteiger charge is -2.08. The van der Waals surface area contributed by atoms with Gasteiger partial charge in [0.25, 0.3) is 5.56 Å². The second-order valence-corrected chi connectivity index (χ2v) is 6.80. The minimum Gasteiger partial charge on any atom is -0.495 e. The van der Waals surface area contributed by atoms with E-state index in [1.54, 1.807) is 36.5 Å². The summed E-state index contributed by atoms with van der Waals surface area (Å²) in [6, 6.07) is 11.9. The van der Waals surface area contributed by atoms with Crippen LogP contribution in [0.15, 0.2) is 53.5 Å². The van der Waals surface area contributed by atoms with E-state index < -0.39 is 0 Å². The zero-order chi connectivity index (χ0) is 18.5. The molecular formula is C18H16ClN3O3S. The quantitative estimate of drug-likeness (QED) is 0.700. The smallest absolute Gasteiger partial charge is 0.258 e. The first-order chi connectivity index (χ1) is 12.6. The van der Waals surface area contributed by atoms with Crippen molar-refractivity contribution >= 4 is 40.6 Å². The number of thioether (sulfide) groups is 1. The number of amides is 1. The average Bonchev–Trinajstić information content (AvgIpc) is 2.62. The number of hydrogen-bond donors (Lipinski definition) is 1. The van der Waals surface area contributed by atoms with Crippen LogP contribution in [0.4, 0.5) is 5.69 Å². The second-order valence-electron chi connectivity index (χ2n) is 5.40. The molecule has 0 saturated heterocycles. The van der Waals surface area contributed by atoms with Gasteiger partial charge in [0.2, 0.25) is 5.91 Å². The molecule has 134 valence electrons. The van der Waals surface area contributed by atoms with E-state index in [0.29, 0.717) is 33.6 Å². The number of rotatable bonds is 6. The fourth-order valence-corrected chi connectivity index (χ4v) is 3.34. The first-order valence-electron chi connectivity index (χ1n) is 7.75. The molecule has 0 aliphatic carbocycles. The molecule has 1 aromatic carbocycles. The molecule has 0 fully saturated rings. The highest BCUT2D eigenvalue weighted by Gasteiger charge is 2.07. The van der Waals surface area contributed by atoms with Crippen LogP contribution in [-0.2, 0) is 10.5 Å². The zero-order valence-electron chi connectivity index (χ0n) is 13.9.